The van der Waals surface area contributed by atoms with Crippen LogP contribution in [-0.4, -0.2) is 29.5 Å². The fourth-order valence-corrected chi connectivity index (χ4v) is 10.2. The highest BCUT2D eigenvalue weighted by Gasteiger charge is 2.22. The van der Waals surface area contributed by atoms with Gasteiger partial charge in [-0.2, -0.15) is 15.0 Å². The van der Waals surface area contributed by atoms with Crippen molar-refractivity contribution < 1.29 is 4.42 Å². The molecule has 8 aromatic carbocycles. The Hall–Kier alpha value is -8.33. The molecule has 0 aliphatic heterocycles. The van der Waals surface area contributed by atoms with Gasteiger partial charge in [0.2, 0.25) is 11.7 Å². The van der Waals surface area contributed by atoms with Crippen LogP contribution in [-0.2, 0) is 0 Å². The average molecular weight is 825 g/mol. The van der Waals surface area contributed by atoms with Crippen molar-refractivity contribution in [1.29, 1.82) is 0 Å². The van der Waals surface area contributed by atoms with Crippen molar-refractivity contribution >= 4 is 75.4 Å². The molecule has 0 atom stereocenters. The maximum Gasteiger partial charge on any atom is 0.238 e. The third-order valence-electron chi connectivity index (χ3n) is 11.9. The molecule has 0 saturated carbocycles. The van der Waals surface area contributed by atoms with Gasteiger partial charge in [-0.05, 0) is 53.6 Å². The highest BCUT2D eigenvalue weighted by atomic mass is 32.1. The minimum atomic E-state index is 0.529. The highest BCUT2D eigenvalue weighted by molar-refractivity contribution is 7.26. The van der Waals surface area contributed by atoms with E-state index in [0.717, 1.165) is 71.7 Å². The van der Waals surface area contributed by atoms with Crippen LogP contribution in [0.1, 0.15) is 0 Å². The van der Waals surface area contributed by atoms with Crippen LogP contribution in [0, 0.1) is 0 Å². The number of thiophene rings is 1. The summed E-state index contributed by atoms with van der Waals surface area (Å²) < 4.78 is 11.1. The van der Waals surface area contributed by atoms with Crippen LogP contribution in [0.15, 0.2) is 199 Å². The monoisotopic (exact) mass is 824 g/mol. The van der Waals surface area contributed by atoms with Gasteiger partial charge in [0.1, 0.15) is 5.58 Å². The Labute approximate surface area is 364 Å². The van der Waals surface area contributed by atoms with Crippen molar-refractivity contribution in [3.8, 4) is 62.5 Å². The van der Waals surface area contributed by atoms with E-state index in [1.807, 2.05) is 108 Å². The maximum atomic E-state index is 6.44. The number of furan rings is 1. The van der Waals surface area contributed by atoms with E-state index in [2.05, 4.69) is 102 Å². The lowest BCUT2D eigenvalue weighted by molar-refractivity contribution is 0.653. The summed E-state index contributed by atoms with van der Waals surface area (Å²) in [6, 6.07) is 67.0. The summed E-state index contributed by atoms with van der Waals surface area (Å²) in [7, 11) is 0. The molecule has 294 valence electrons. The van der Waals surface area contributed by atoms with E-state index in [1.54, 1.807) is 0 Å². The average Bonchev–Trinajstić information content (AvgIpc) is 4.03. The third-order valence-corrected chi connectivity index (χ3v) is 13.1. The fraction of sp³-hybridized carbons (Fsp3) is 0. The van der Waals surface area contributed by atoms with Gasteiger partial charge in [0, 0.05) is 58.6 Å². The summed E-state index contributed by atoms with van der Waals surface area (Å²) in [5.74, 6) is 2.30. The van der Waals surface area contributed by atoms with Crippen LogP contribution in [0.4, 0.5) is 0 Å². The first-order valence-electron chi connectivity index (χ1n) is 20.8. The first-order valence-corrected chi connectivity index (χ1v) is 21.6. The molecule has 0 spiro atoms. The van der Waals surface area contributed by atoms with Gasteiger partial charge in [0.15, 0.2) is 17.5 Å². The van der Waals surface area contributed by atoms with Gasteiger partial charge < -0.3 is 4.42 Å². The zero-order valence-electron chi connectivity index (χ0n) is 33.5. The van der Waals surface area contributed by atoms with Crippen LogP contribution < -0.4 is 0 Å². The van der Waals surface area contributed by atoms with Crippen molar-refractivity contribution in [3.05, 3.63) is 194 Å². The second kappa shape index (κ2) is 14.1. The Morgan fingerprint density at radius 3 is 1.68 bits per heavy atom. The van der Waals surface area contributed by atoms with Gasteiger partial charge in [0.25, 0.3) is 0 Å². The quantitative estimate of drug-likeness (QED) is 0.166. The molecule has 0 aliphatic carbocycles. The topological polar surface area (TPSA) is 82.5 Å². The number of fused-ring (bicyclic) bond motifs is 9. The summed E-state index contributed by atoms with van der Waals surface area (Å²) >= 11 is 1.84. The summed E-state index contributed by atoms with van der Waals surface area (Å²) in [5, 5.41) is 6.49. The molecule has 0 unspecified atom stereocenters. The van der Waals surface area contributed by atoms with Gasteiger partial charge in [-0.25, -0.2) is 9.97 Å². The molecular formula is C55H32N6OS. The smallest absolute Gasteiger partial charge is 0.238 e. The van der Waals surface area contributed by atoms with E-state index >= 15 is 0 Å². The van der Waals surface area contributed by atoms with Gasteiger partial charge in [0.05, 0.1) is 22.1 Å². The molecule has 7 nitrogen and oxygen atoms in total. The number of nitrogens with zero attached hydrogens (tertiary/aromatic N) is 6. The first kappa shape index (κ1) is 35.4. The zero-order chi connectivity index (χ0) is 41.4. The van der Waals surface area contributed by atoms with Crippen molar-refractivity contribution in [2.45, 2.75) is 0 Å². The molecule has 0 amide bonds. The number of hydrogen-bond acceptors (Lipinski definition) is 7. The minimum Gasteiger partial charge on any atom is -0.438 e. The van der Waals surface area contributed by atoms with E-state index in [0.29, 0.717) is 29.1 Å². The molecule has 5 aromatic heterocycles. The molecule has 8 heteroatoms. The van der Waals surface area contributed by atoms with E-state index in [1.165, 1.54) is 25.7 Å². The number of benzene rings is 8. The maximum absolute atomic E-state index is 6.44. The summed E-state index contributed by atoms with van der Waals surface area (Å²) in [6.07, 6.45) is 0. The minimum absolute atomic E-state index is 0.529. The molecule has 0 fully saturated rings. The molecule has 13 rings (SSSR count). The van der Waals surface area contributed by atoms with Crippen LogP contribution in [0.5, 0.6) is 0 Å². The predicted molar refractivity (Wildman–Crippen MR) is 257 cm³/mol. The second-order valence-electron chi connectivity index (χ2n) is 15.6. The van der Waals surface area contributed by atoms with Gasteiger partial charge in [-0.15, -0.1) is 11.3 Å². The normalized spacial score (nSPS) is 11.8. The van der Waals surface area contributed by atoms with Crippen molar-refractivity contribution in [2.24, 2.45) is 0 Å². The lowest BCUT2D eigenvalue weighted by atomic mass is 10.00. The summed E-state index contributed by atoms with van der Waals surface area (Å²) in [4.78, 5) is 25.9. The van der Waals surface area contributed by atoms with Crippen molar-refractivity contribution in [1.82, 2.24) is 29.5 Å². The number of aromatic nitrogens is 6. The Morgan fingerprint density at radius 1 is 0.397 bits per heavy atom. The van der Waals surface area contributed by atoms with E-state index in [-0.39, 0.29) is 0 Å². The Balaban J connectivity index is 1.08. The molecule has 0 N–H and O–H groups in total. The van der Waals surface area contributed by atoms with E-state index in [9.17, 15) is 0 Å². The Morgan fingerprint density at radius 2 is 0.968 bits per heavy atom. The third kappa shape index (κ3) is 5.76. The van der Waals surface area contributed by atoms with Gasteiger partial charge >= 0.3 is 0 Å². The molecular weight excluding hydrogens is 793 g/mol. The Kier molecular flexibility index (Phi) is 7.94. The van der Waals surface area contributed by atoms with Crippen molar-refractivity contribution in [3.63, 3.8) is 0 Å². The van der Waals surface area contributed by atoms with Crippen LogP contribution in [0.25, 0.3) is 127 Å². The van der Waals surface area contributed by atoms with Crippen LogP contribution in [0.2, 0.25) is 0 Å². The lowest BCUT2D eigenvalue weighted by Crippen LogP contribution is -2.06. The molecule has 5 heterocycles. The molecule has 0 saturated heterocycles. The molecule has 13 aromatic rings. The number of para-hydroxylation sites is 1. The van der Waals surface area contributed by atoms with Gasteiger partial charge in [-0.1, -0.05) is 152 Å². The second-order valence-corrected chi connectivity index (χ2v) is 16.7. The largest absolute Gasteiger partial charge is 0.438 e. The molecule has 0 radical (unpaired) electrons. The van der Waals surface area contributed by atoms with Gasteiger partial charge in [-0.3, -0.25) is 4.57 Å². The highest BCUT2D eigenvalue weighted by Crippen LogP contribution is 2.43. The summed E-state index contributed by atoms with van der Waals surface area (Å²) in [5.41, 5.74) is 10.1. The molecule has 0 bridgehead atoms. The number of hydrogen-bond donors (Lipinski definition) is 0. The Bertz CT molecular complexity index is 3860. The van der Waals surface area contributed by atoms with E-state index in [4.69, 9.17) is 29.3 Å². The predicted octanol–water partition coefficient (Wildman–Crippen LogP) is 14.4. The van der Waals surface area contributed by atoms with Crippen LogP contribution >= 0.6 is 11.3 Å². The lowest BCUT2D eigenvalue weighted by Gasteiger charge is -2.11. The number of rotatable bonds is 6. The SMILES string of the molecule is c1ccc(-c2nc(-c3ccccc3)nc(-n3c4ccc(-c5nc(-c6ccccc6)c6c(n5)oc5ccccc56)cc4c4cc(-c5cccc6c5sc5ccccc56)ccc43)n2)cc1. The standard InChI is InChI=1S/C55H32N6OS/c1-4-15-33(16-5-1)49-48-41-22-10-12-25-46(41)62-54(48)58-53(56-49)37-28-30-45-43(32-37)42-31-36(38-23-14-24-40-39-21-11-13-26-47(39)63-50(38)40)27-29-44(42)61(45)55-59-51(34-17-6-2-7-18-34)57-52(60-55)35-19-8-3-9-20-35/h1-32H. The van der Waals surface area contributed by atoms with Crippen molar-refractivity contribution in [2.75, 3.05) is 0 Å². The van der Waals surface area contributed by atoms with E-state index < -0.39 is 0 Å². The molecule has 63 heavy (non-hydrogen) atoms. The van der Waals surface area contributed by atoms with Crippen LogP contribution in [0.3, 0.4) is 0 Å². The summed E-state index contributed by atoms with van der Waals surface area (Å²) in [6.45, 7) is 0. The first-order chi connectivity index (χ1) is 31.2. The molecule has 0 aliphatic rings. The fourth-order valence-electron chi connectivity index (χ4n) is 8.97. The zero-order valence-corrected chi connectivity index (χ0v) is 34.3.